The molecule has 9 heteroatoms. The van der Waals surface area contributed by atoms with Crippen LogP contribution in [0.15, 0.2) is 21.9 Å². The second-order valence-electron chi connectivity index (χ2n) is 7.80. The van der Waals surface area contributed by atoms with Crippen molar-refractivity contribution in [1.82, 2.24) is 9.55 Å². The molecule has 1 aliphatic rings. The maximum Gasteiger partial charge on any atom is 0.330 e. The minimum absolute atomic E-state index is 0.340. The average molecular weight is 374 g/mol. The van der Waals surface area contributed by atoms with Gasteiger partial charge in [0.15, 0.2) is 12.4 Å². The van der Waals surface area contributed by atoms with Gasteiger partial charge in [0, 0.05) is 12.3 Å². The van der Waals surface area contributed by atoms with E-state index in [0.717, 1.165) is 23.3 Å². The van der Waals surface area contributed by atoms with Crippen LogP contribution in [0.5, 0.6) is 0 Å². The van der Waals surface area contributed by atoms with Gasteiger partial charge in [-0.15, -0.1) is 0 Å². The van der Waals surface area contributed by atoms with E-state index in [0.29, 0.717) is 0 Å². The van der Waals surface area contributed by atoms with E-state index in [2.05, 4.69) is 0 Å². The van der Waals surface area contributed by atoms with Crippen LogP contribution in [-0.2, 0) is 4.74 Å². The van der Waals surface area contributed by atoms with Crippen LogP contribution in [0.25, 0.3) is 0 Å². The highest BCUT2D eigenvalue weighted by Gasteiger charge is 2.68. The molecule has 4 atom stereocenters. The Labute approximate surface area is 146 Å². The molecule has 142 valence electrons. The summed E-state index contributed by atoms with van der Waals surface area (Å²) in [5.74, 6) is 0. The molecule has 3 N–H and O–H groups in total. The molecule has 0 aliphatic carbocycles. The fourth-order valence-corrected chi connectivity index (χ4v) is 7.25. The fraction of sp³-hybridized carbons (Fsp3) is 0.750. The molecule has 7 nitrogen and oxygen atoms in total. The molecule has 1 fully saturated rings. The first-order chi connectivity index (χ1) is 11.4. The van der Waals surface area contributed by atoms with Crippen molar-refractivity contribution in [2.24, 2.45) is 0 Å². The number of hydrogen-bond donors (Lipinski definition) is 3. The van der Waals surface area contributed by atoms with E-state index < -0.39 is 49.7 Å². The molecule has 0 bridgehead atoms. The summed E-state index contributed by atoms with van der Waals surface area (Å²) in [6.07, 6.45) is -2.62. The molecule has 25 heavy (non-hydrogen) atoms. The molecular weight excluding hydrogens is 347 g/mol. The summed E-state index contributed by atoms with van der Waals surface area (Å²) in [7, 11) is -2.76. The van der Waals surface area contributed by atoms with Gasteiger partial charge in [0.25, 0.3) is 5.56 Å². The summed E-state index contributed by atoms with van der Waals surface area (Å²) in [4.78, 5) is 25.3. The van der Waals surface area contributed by atoms with Gasteiger partial charge in [-0.1, -0.05) is 40.3 Å². The normalized spacial score (nSPS) is 30.6. The van der Waals surface area contributed by atoms with E-state index in [1.54, 1.807) is 0 Å². The summed E-state index contributed by atoms with van der Waals surface area (Å²) < 4.78 is 22.0. The van der Waals surface area contributed by atoms with Gasteiger partial charge < -0.3 is 14.9 Å². The van der Waals surface area contributed by atoms with Crippen LogP contribution in [0.3, 0.4) is 0 Å². The molecule has 0 spiro atoms. The van der Waals surface area contributed by atoms with E-state index in [1.165, 1.54) is 0 Å². The number of H-pyrrole nitrogens is 1. The van der Waals surface area contributed by atoms with Crippen molar-refractivity contribution in [2.75, 3.05) is 6.61 Å². The Morgan fingerprint density at radius 2 is 2.04 bits per heavy atom. The predicted molar refractivity (Wildman–Crippen MR) is 94.0 cm³/mol. The third-order valence-electron chi connectivity index (χ3n) is 6.33. The first-order valence-corrected chi connectivity index (χ1v) is 11.4. The molecule has 2 heterocycles. The smallest absolute Gasteiger partial charge is 0.330 e. The lowest BCUT2D eigenvalue weighted by Gasteiger charge is -2.50. The van der Waals surface area contributed by atoms with Gasteiger partial charge in [-0.25, -0.2) is 9.18 Å². The molecule has 2 rings (SSSR count). The van der Waals surface area contributed by atoms with Crippen molar-refractivity contribution in [1.29, 1.82) is 0 Å². The minimum atomic E-state index is -2.76. The number of aliphatic hydroxyl groups is 2. The zero-order valence-electron chi connectivity index (χ0n) is 15.2. The maximum absolute atomic E-state index is 15.5. The van der Waals surface area contributed by atoms with Crippen molar-refractivity contribution >= 4 is 8.07 Å². The molecule has 0 radical (unpaired) electrons. The van der Waals surface area contributed by atoms with Gasteiger partial charge in [0.2, 0.25) is 0 Å². The van der Waals surface area contributed by atoms with Gasteiger partial charge in [0.1, 0.15) is 11.3 Å². The Balaban J connectivity index is 2.56. The molecular formula is C16H27FN2O5Si. The number of ether oxygens (including phenoxy) is 1. The minimum Gasteiger partial charge on any atom is -0.394 e. The van der Waals surface area contributed by atoms with Gasteiger partial charge in [-0.2, -0.15) is 0 Å². The summed E-state index contributed by atoms with van der Waals surface area (Å²) in [5, 5.41) is 18.9. The SMILES string of the molecule is CCC(C)(C)[Si](C)(C)[C@@]1(O)[C@@H](CO)O[C@@H](n2ccc(=O)[nH]c2=O)[C@@H]1F. The van der Waals surface area contributed by atoms with Crippen LogP contribution in [-0.4, -0.2) is 51.9 Å². The Morgan fingerprint density at radius 1 is 1.44 bits per heavy atom. The van der Waals surface area contributed by atoms with E-state index in [1.807, 2.05) is 38.8 Å². The van der Waals surface area contributed by atoms with Gasteiger partial charge in [-0.3, -0.25) is 14.3 Å². The number of aliphatic hydroxyl groups excluding tert-OH is 1. The van der Waals surface area contributed by atoms with Crippen molar-refractivity contribution in [2.45, 2.75) is 69.1 Å². The van der Waals surface area contributed by atoms with Crippen molar-refractivity contribution in [3.63, 3.8) is 0 Å². The summed E-state index contributed by atoms with van der Waals surface area (Å²) >= 11 is 0. The van der Waals surface area contributed by atoms with E-state index in [4.69, 9.17) is 4.74 Å². The third-order valence-corrected chi connectivity index (χ3v) is 12.7. The Bertz CT molecular complexity index is 747. The molecule has 0 unspecified atom stereocenters. The molecule has 1 aromatic heterocycles. The van der Waals surface area contributed by atoms with Crippen LogP contribution < -0.4 is 11.2 Å². The molecule has 0 aromatic carbocycles. The highest BCUT2D eigenvalue weighted by atomic mass is 28.3. The van der Waals surface area contributed by atoms with E-state index >= 15 is 4.39 Å². The number of aromatic nitrogens is 2. The Hall–Kier alpha value is -1.29. The van der Waals surface area contributed by atoms with Crippen LogP contribution in [0.4, 0.5) is 4.39 Å². The Morgan fingerprint density at radius 3 is 2.52 bits per heavy atom. The third kappa shape index (κ3) is 2.82. The first kappa shape index (κ1) is 20.0. The quantitative estimate of drug-likeness (QED) is 0.665. The first-order valence-electron chi connectivity index (χ1n) is 8.38. The second-order valence-corrected chi connectivity index (χ2v) is 13.2. The number of aromatic amines is 1. The van der Waals surface area contributed by atoms with Crippen LogP contribution in [0.2, 0.25) is 18.1 Å². The molecule has 1 aliphatic heterocycles. The average Bonchev–Trinajstić information content (AvgIpc) is 2.80. The maximum atomic E-state index is 15.5. The molecule has 0 amide bonds. The second kappa shape index (κ2) is 6.46. The summed E-state index contributed by atoms with van der Waals surface area (Å²) in [6, 6.07) is 1.08. The van der Waals surface area contributed by atoms with Gasteiger partial charge in [0.05, 0.1) is 14.7 Å². The molecule has 1 saturated heterocycles. The lowest BCUT2D eigenvalue weighted by Crippen LogP contribution is -2.69. The summed E-state index contributed by atoms with van der Waals surface area (Å²) in [6.45, 7) is 9.08. The van der Waals surface area contributed by atoms with Crippen LogP contribution in [0, 0.1) is 0 Å². The molecule has 0 saturated carbocycles. The monoisotopic (exact) mass is 374 g/mol. The standard InChI is InChI=1S/C16H27FN2O5Si/c1-6-15(2,3)25(4,5)16(23)10(9-20)24-13(12(16)17)19-8-7-11(21)18-14(19)22/h7-8,10,12-13,20,23H,6,9H2,1-5H3,(H,18,21,22)/t10-,12+,13-,16+/m1/s1. The predicted octanol–water partition coefficient (Wildman–Crippen LogP) is 0.933. The lowest BCUT2D eigenvalue weighted by atomic mass is 10.1. The number of rotatable bonds is 5. The number of nitrogens with zero attached hydrogens (tertiary/aromatic N) is 1. The number of halogens is 1. The zero-order valence-corrected chi connectivity index (χ0v) is 16.2. The van der Waals surface area contributed by atoms with Crippen molar-refractivity contribution in [3.8, 4) is 0 Å². The van der Waals surface area contributed by atoms with E-state index in [9.17, 15) is 19.8 Å². The van der Waals surface area contributed by atoms with Crippen LogP contribution >= 0.6 is 0 Å². The van der Waals surface area contributed by atoms with Crippen molar-refractivity contribution in [3.05, 3.63) is 33.1 Å². The highest BCUT2D eigenvalue weighted by molar-refractivity contribution is 6.83. The zero-order chi connectivity index (χ0) is 19.2. The largest absolute Gasteiger partial charge is 0.394 e. The van der Waals surface area contributed by atoms with Gasteiger partial charge in [-0.05, 0) is 5.04 Å². The molecule has 1 aromatic rings. The fourth-order valence-electron chi connectivity index (χ4n) is 3.48. The van der Waals surface area contributed by atoms with Crippen molar-refractivity contribution < 1.29 is 19.3 Å². The lowest BCUT2D eigenvalue weighted by molar-refractivity contribution is -0.0598. The van der Waals surface area contributed by atoms with Crippen LogP contribution in [0.1, 0.15) is 33.4 Å². The Kier molecular flexibility index (Phi) is 5.17. The van der Waals surface area contributed by atoms with E-state index in [-0.39, 0.29) is 5.04 Å². The van der Waals surface area contributed by atoms with Gasteiger partial charge >= 0.3 is 5.69 Å². The topological polar surface area (TPSA) is 105 Å². The number of alkyl halides is 1. The number of hydrogen-bond acceptors (Lipinski definition) is 5. The number of nitrogens with one attached hydrogen (secondary N) is 1. The summed E-state index contributed by atoms with van der Waals surface area (Å²) in [5.41, 5.74) is -1.43. The highest BCUT2D eigenvalue weighted by Crippen LogP contribution is 2.53.